The zero-order valence-electron chi connectivity index (χ0n) is 12.8. The van der Waals surface area contributed by atoms with E-state index in [9.17, 15) is 18.0 Å². The predicted octanol–water partition coefficient (Wildman–Crippen LogP) is 1.47. The van der Waals surface area contributed by atoms with Crippen molar-refractivity contribution in [3.05, 3.63) is 35.6 Å². The van der Waals surface area contributed by atoms with Crippen molar-refractivity contribution in [2.45, 2.75) is 24.9 Å². The minimum Gasteiger partial charge on any atom is -0.339 e. The number of piperazine rings is 1. The Hall–Kier alpha value is -1.60. The van der Waals surface area contributed by atoms with Gasteiger partial charge in [-0.15, -0.1) is 0 Å². The molecule has 7 heteroatoms. The molecule has 0 bridgehead atoms. The summed E-state index contributed by atoms with van der Waals surface area (Å²) in [6.45, 7) is 2.54. The Morgan fingerprint density at radius 1 is 1.26 bits per heavy atom. The molecule has 2 fully saturated rings. The third-order valence-electron chi connectivity index (χ3n) is 4.39. The summed E-state index contributed by atoms with van der Waals surface area (Å²) in [7, 11) is 0. The monoisotopic (exact) mass is 327 g/mol. The van der Waals surface area contributed by atoms with E-state index in [2.05, 4.69) is 10.2 Å². The lowest BCUT2D eigenvalue weighted by Crippen LogP contribution is -2.52. The second-order valence-electron chi connectivity index (χ2n) is 6.22. The van der Waals surface area contributed by atoms with Gasteiger partial charge in [-0.05, 0) is 17.7 Å². The van der Waals surface area contributed by atoms with Crippen LogP contribution in [0.15, 0.2) is 24.3 Å². The van der Waals surface area contributed by atoms with Crippen LogP contribution in [0.2, 0.25) is 0 Å². The van der Waals surface area contributed by atoms with Crippen LogP contribution in [-0.4, -0.2) is 60.4 Å². The summed E-state index contributed by atoms with van der Waals surface area (Å²) in [5.74, 6) is -3.29. The molecule has 0 aliphatic carbocycles. The minimum absolute atomic E-state index is 0.243. The first-order valence-corrected chi connectivity index (χ1v) is 7.80. The molecule has 1 aromatic carbocycles. The highest BCUT2D eigenvalue weighted by molar-refractivity contribution is 5.82. The Labute approximate surface area is 133 Å². The van der Waals surface area contributed by atoms with Crippen LogP contribution in [0, 0.1) is 5.82 Å². The molecule has 1 N–H and O–H groups in total. The van der Waals surface area contributed by atoms with Crippen LogP contribution in [-0.2, 0) is 11.3 Å². The second kappa shape index (κ2) is 6.49. The summed E-state index contributed by atoms with van der Waals surface area (Å²) >= 11 is 0. The number of carbonyl (C=O) groups excluding carboxylic acids is 1. The fraction of sp³-hybridized carbons (Fsp3) is 0.562. The van der Waals surface area contributed by atoms with Crippen molar-refractivity contribution in [1.82, 2.24) is 15.1 Å². The molecule has 1 amide bonds. The van der Waals surface area contributed by atoms with Crippen molar-refractivity contribution in [2.24, 2.45) is 0 Å². The number of hydrogen-bond acceptors (Lipinski definition) is 3. The third-order valence-corrected chi connectivity index (χ3v) is 4.39. The van der Waals surface area contributed by atoms with E-state index in [1.54, 1.807) is 11.0 Å². The maximum atomic E-state index is 13.2. The van der Waals surface area contributed by atoms with Gasteiger partial charge in [0.1, 0.15) is 5.82 Å². The number of nitrogens with one attached hydrogen (secondary N) is 1. The van der Waals surface area contributed by atoms with E-state index in [0.29, 0.717) is 32.7 Å². The first-order chi connectivity index (χ1) is 10.9. The molecule has 2 saturated heterocycles. The Morgan fingerprint density at radius 3 is 2.61 bits per heavy atom. The summed E-state index contributed by atoms with van der Waals surface area (Å²) in [4.78, 5) is 16.0. The molecule has 0 unspecified atom stereocenters. The number of nitrogens with zero attached hydrogens (tertiary/aromatic N) is 2. The maximum Gasteiger partial charge on any atom is 0.262 e. The molecule has 1 atom stereocenters. The Morgan fingerprint density at radius 2 is 2.00 bits per heavy atom. The number of benzene rings is 1. The maximum absolute atomic E-state index is 13.2. The zero-order valence-corrected chi connectivity index (χ0v) is 12.8. The number of alkyl halides is 2. The minimum atomic E-state index is -2.79. The molecule has 2 heterocycles. The van der Waals surface area contributed by atoms with Crippen LogP contribution in [0.3, 0.4) is 0 Å². The number of halogens is 3. The number of hydrogen-bond donors (Lipinski definition) is 1. The molecule has 2 aliphatic heterocycles. The van der Waals surface area contributed by atoms with Crippen molar-refractivity contribution in [2.75, 3.05) is 32.7 Å². The fourth-order valence-electron chi connectivity index (χ4n) is 3.13. The standard InChI is InChI=1S/C16H20F3N3O/c17-13-3-1-2-12(8-13)10-21-4-6-22(7-5-21)15(23)14-9-16(18,19)11-20-14/h1-3,8,14,20H,4-7,9-11H2/t14-/m0/s1. The topological polar surface area (TPSA) is 35.6 Å². The van der Waals surface area contributed by atoms with Crippen molar-refractivity contribution in [3.63, 3.8) is 0 Å². The largest absolute Gasteiger partial charge is 0.339 e. The first-order valence-electron chi connectivity index (χ1n) is 7.80. The molecule has 4 nitrogen and oxygen atoms in total. The third kappa shape index (κ3) is 4.03. The predicted molar refractivity (Wildman–Crippen MR) is 79.6 cm³/mol. The molecule has 126 valence electrons. The number of amides is 1. The van der Waals surface area contributed by atoms with E-state index in [1.807, 2.05) is 6.07 Å². The molecule has 0 saturated carbocycles. The molecule has 0 spiro atoms. The van der Waals surface area contributed by atoms with Crippen LogP contribution in [0.4, 0.5) is 13.2 Å². The van der Waals surface area contributed by atoms with Gasteiger partial charge < -0.3 is 4.90 Å². The van der Waals surface area contributed by atoms with Gasteiger partial charge in [-0.3, -0.25) is 15.0 Å². The van der Waals surface area contributed by atoms with Crippen molar-refractivity contribution in [1.29, 1.82) is 0 Å². The van der Waals surface area contributed by atoms with Crippen molar-refractivity contribution < 1.29 is 18.0 Å². The average molecular weight is 327 g/mol. The van der Waals surface area contributed by atoms with Crippen LogP contribution >= 0.6 is 0 Å². The number of rotatable bonds is 3. The van der Waals surface area contributed by atoms with Crippen molar-refractivity contribution in [3.8, 4) is 0 Å². The van der Waals surface area contributed by atoms with Crippen LogP contribution in [0.1, 0.15) is 12.0 Å². The van der Waals surface area contributed by atoms with Crippen LogP contribution in [0.5, 0.6) is 0 Å². The summed E-state index contributed by atoms with van der Waals surface area (Å²) in [5.41, 5.74) is 0.891. The van der Waals surface area contributed by atoms with E-state index in [4.69, 9.17) is 0 Å². The van der Waals surface area contributed by atoms with Gasteiger partial charge in [0.15, 0.2) is 0 Å². The smallest absolute Gasteiger partial charge is 0.262 e. The van der Waals surface area contributed by atoms with Gasteiger partial charge >= 0.3 is 0 Å². The molecule has 2 aliphatic rings. The number of carbonyl (C=O) groups is 1. The molecular formula is C16H20F3N3O. The Bertz CT molecular complexity index is 573. The van der Waals surface area contributed by atoms with E-state index >= 15 is 0 Å². The van der Waals surface area contributed by atoms with Gasteiger partial charge in [0, 0.05) is 39.1 Å². The lowest BCUT2D eigenvalue weighted by molar-refractivity contribution is -0.135. The SMILES string of the molecule is O=C([C@@H]1CC(F)(F)CN1)N1CCN(Cc2cccc(F)c2)CC1. The highest BCUT2D eigenvalue weighted by atomic mass is 19.3. The lowest BCUT2D eigenvalue weighted by Gasteiger charge is -2.36. The van der Waals surface area contributed by atoms with Gasteiger partial charge in [-0.25, -0.2) is 13.2 Å². The molecule has 0 radical (unpaired) electrons. The van der Waals surface area contributed by atoms with Crippen LogP contribution < -0.4 is 5.32 Å². The Balaban J connectivity index is 1.49. The second-order valence-corrected chi connectivity index (χ2v) is 6.22. The molecule has 0 aromatic heterocycles. The normalized spacial score (nSPS) is 24.8. The van der Waals surface area contributed by atoms with E-state index in [1.165, 1.54) is 12.1 Å². The summed E-state index contributed by atoms with van der Waals surface area (Å²) in [6, 6.07) is 5.67. The molecular weight excluding hydrogens is 307 g/mol. The van der Waals surface area contributed by atoms with Gasteiger partial charge in [0.2, 0.25) is 5.91 Å². The van der Waals surface area contributed by atoms with Gasteiger partial charge in [-0.1, -0.05) is 12.1 Å². The van der Waals surface area contributed by atoms with Crippen LogP contribution in [0.25, 0.3) is 0 Å². The highest BCUT2D eigenvalue weighted by Gasteiger charge is 2.43. The van der Waals surface area contributed by atoms with E-state index in [0.717, 1.165) is 5.56 Å². The quantitative estimate of drug-likeness (QED) is 0.913. The van der Waals surface area contributed by atoms with Gasteiger partial charge in [0.05, 0.1) is 12.6 Å². The van der Waals surface area contributed by atoms with E-state index in [-0.39, 0.29) is 11.7 Å². The molecule has 1 aromatic rings. The summed E-state index contributed by atoms with van der Waals surface area (Å²) in [6.07, 6.45) is -0.421. The van der Waals surface area contributed by atoms with Gasteiger partial charge in [-0.2, -0.15) is 0 Å². The molecule has 3 rings (SSSR count). The first kappa shape index (κ1) is 16.3. The van der Waals surface area contributed by atoms with Crippen molar-refractivity contribution >= 4 is 5.91 Å². The lowest BCUT2D eigenvalue weighted by atomic mass is 10.1. The summed E-state index contributed by atoms with van der Waals surface area (Å²) < 4.78 is 39.6. The highest BCUT2D eigenvalue weighted by Crippen LogP contribution is 2.26. The average Bonchev–Trinajstić information content (AvgIpc) is 2.87. The molecule has 23 heavy (non-hydrogen) atoms. The summed E-state index contributed by atoms with van der Waals surface area (Å²) in [5, 5.41) is 2.60. The Kier molecular flexibility index (Phi) is 4.59. The fourth-order valence-corrected chi connectivity index (χ4v) is 3.13. The van der Waals surface area contributed by atoms with E-state index < -0.39 is 24.9 Å². The zero-order chi connectivity index (χ0) is 16.4. The van der Waals surface area contributed by atoms with Gasteiger partial charge in [0.25, 0.3) is 5.92 Å².